The van der Waals surface area contributed by atoms with Gasteiger partial charge in [-0.15, -0.1) is 4.28 Å². The van der Waals surface area contributed by atoms with Crippen LogP contribution in [0.2, 0.25) is 0 Å². The average molecular weight is 122 g/mol. The van der Waals surface area contributed by atoms with Crippen molar-refractivity contribution in [3.8, 4) is 6.19 Å². The van der Waals surface area contributed by atoms with E-state index in [1.54, 1.807) is 0 Å². The number of nitrogens with zero attached hydrogens (tertiary/aromatic N) is 1. The van der Waals surface area contributed by atoms with E-state index in [1.165, 1.54) is 11.7 Å². The third kappa shape index (κ3) is 5.20. The summed E-state index contributed by atoms with van der Waals surface area (Å²) in [6.45, 7) is 0. The Morgan fingerprint density at radius 3 is 2.43 bits per heavy atom. The van der Waals surface area contributed by atoms with Crippen LogP contribution < -0.4 is 5.48 Å². The highest BCUT2D eigenvalue weighted by molar-refractivity contribution is 7.67. The Morgan fingerprint density at radius 1 is 1.71 bits per heavy atom. The minimum Gasteiger partial charge on any atom is -0.201 e. The summed E-state index contributed by atoms with van der Waals surface area (Å²) >= 11 is 0. The van der Waals surface area contributed by atoms with Crippen molar-refractivity contribution >= 4 is 11.0 Å². The van der Waals surface area contributed by atoms with Crippen LogP contribution in [0.4, 0.5) is 0 Å². The average Bonchev–Trinajstić information content (AvgIpc) is 1.61. The maximum atomic E-state index is 9.36. The van der Waals surface area contributed by atoms with Gasteiger partial charge in [0, 0.05) is 0 Å². The van der Waals surface area contributed by atoms with Crippen LogP contribution in [-0.4, -0.2) is 8.42 Å². The highest BCUT2D eigenvalue weighted by atomic mass is 32.2. The molecule has 0 unspecified atom stereocenters. The molecular weight excluding hydrogens is 120 g/mol. The number of hydrogen-bond acceptors (Lipinski definition) is 5. The fraction of sp³-hybridized carbons (Fsp3) is 0. The van der Waals surface area contributed by atoms with Gasteiger partial charge in [-0.3, -0.25) is 0 Å². The Labute approximate surface area is 41.6 Å². The molecule has 0 radical (unpaired) electrons. The van der Waals surface area contributed by atoms with E-state index < -0.39 is 11.0 Å². The fourth-order valence-corrected chi connectivity index (χ4v) is 0.173. The molecule has 0 aliphatic carbocycles. The van der Waals surface area contributed by atoms with Crippen LogP contribution in [0.15, 0.2) is 0 Å². The van der Waals surface area contributed by atoms with E-state index in [4.69, 9.17) is 5.26 Å². The Morgan fingerprint density at radius 2 is 2.29 bits per heavy atom. The number of thiol groups is 1. The Hall–Kier alpha value is -0.800. The summed E-state index contributed by atoms with van der Waals surface area (Å²) in [5.41, 5.74) is 1.46. The number of hydrogen-bond donors (Lipinski definition) is 2. The molecule has 0 aromatic rings. The fourth-order valence-electron chi connectivity index (χ4n) is 0.0577. The molecule has 0 heterocycles. The summed E-state index contributed by atoms with van der Waals surface area (Å²) in [6.07, 6.45) is 1.24. The molecule has 0 amide bonds. The molecule has 40 valence electrons. The lowest BCUT2D eigenvalue weighted by atomic mass is 11.5. The number of nitrogens with one attached hydrogen (secondary N) is 1. The summed E-state index contributed by atoms with van der Waals surface area (Å²) in [6, 6.07) is 0. The van der Waals surface area contributed by atoms with Crippen LogP contribution in [0, 0.1) is 11.5 Å². The van der Waals surface area contributed by atoms with Crippen LogP contribution in [-0.2, 0) is 15.3 Å². The first-order valence-corrected chi connectivity index (χ1v) is 2.32. The van der Waals surface area contributed by atoms with Gasteiger partial charge in [-0.05, 0) is 0 Å². The van der Waals surface area contributed by atoms with E-state index in [9.17, 15) is 8.42 Å². The number of hydroxylamine groups is 1. The molecule has 0 saturated heterocycles. The van der Waals surface area contributed by atoms with E-state index >= 15 is 0 Å². The summed E-state index contributed by atoms with van der Waals surface area (Å²) < 4.78 is 22.3. The zero-order chi connectivity index (χ0) is 5.70. The molecule has 7 heavy (non-hydrogen) atoms. The van der Waals surface area contributed by atoms with Crippen molar-refractivity contribution in [1.82, 2.24) is 5.48 Å². The smallest absolute Gasteiger partial charge is 0.201 e. The van der Waals surface area contributed by atoms with Gasteiger partial charge in [0.05, 0.1) is 0 Å². The van der Waals surface area contributed by atoms with Gasteiger partial charge >= 0.3 is 0 Å². The quantitative estimate of drug-likeness (QED) is 0.202. The number of rotatable bonds is 2. The van der Waals surface area contributed by atoms with Crippen molar-refractivity contribution in [1.29, 1.82) is 5.26 Å². The van der Waals surface area contributed by atoms with Crippen molar-refractivity contribution in [2.24, 2.45) is 0 Å². The van der Waals surface area contributed by atoms with Crippen LogP contribution in [0.3, 0.4) is 0 Å². The van der Waals surface area contributed by atoms with Gasteiger partial charge < -0.3 is 0 Å². The zero-order valence-electron chi connectivity index (χ0n) is 3.12. The highest BCUT2D eigenvalue weighted by Crippen LogP contribution is 1.56. The lowest BCUT2D eigenvalue weighted by Crippen LogP contribution is -2.03. The predicted octanol–water partition coefficient (Wildman–Crippen LogP) is -1.48. The maximum Gasteiger partial charge on any atom is 0.278 e. The third-order valence-electron chi connectivity index (χ3n) is 0.166. The first-order chi connectivity index (χ1) is 3.27. The molecule has 0 aromatic carbocycles. The SMILES string of the molecule is N#CNO[SH](=O)=O. The van der Waals surface area contributed by atoms with Crippen molar-refractivity contribution < 1.29 is 12.7 Å². The van der Waals surface area contributed by atoms with E-state index in [2.05, 4.69) is 4.28 Å². The monoisotopic (exact) mass is 122 g/mol. The van der Waals surface area contributed by atoms with Gasteiger partial charge in [-0.25, -0.2) is 8.42 Å². The molecule has 0 aliphatic heterocycles. The van der Waals surface area contributed by atoms with Crippen LogP contribution in [0.1, 0.15) is 0 Å². The molecule has 5 nitrogen and oxygen atoms in total. The maximum absolute atomic E-state index is 9.36. The summed E-state index contributed by atoms with van der Waals surface area (Å²) in [4.78, 5) is 0. The van der Waals surface area contributed by atoms with Crippen molar-refractivity contribution in [3.63, 3.8) is 0 Å². The molecule has 0 fully saturated rings. The summed E-state index contributed by atoms with van der Waals surface area (Å²) in [7, 11) is -2.94. The van der Waals surface area contributed by atoms with Crippen LogP contribution >= 0.6 is 0 Å². The lowest BCUT2D eigenvalue weighted by molar-refractivity contribution is 0.269. The second-order valence-electron chi connectivity index (χ2n) is 0.529. The van der Waals surface area contributed by atoms with E-state index in [0.29, 0.717) is 0 Å². The van der Waals surface area contributed by atoms with Gasteiger partial charge in [0.15, 0.2) is 0 Å². The molecule has 0 aliphatic rings. The van der Waals surface area contributed by atoms with Crippen molar-refractivity contribution in [2.45, 2.75) is 0 Å². The molecule has 0 spiro atoms. The first-order valence-electron chi connectivity index (χ1n) is 1.23. The van der Waals surface area contributed by atoms with E-state index in [-0.39, 0.29) is 0 Å². The predicted molar refractivity (Wildman–Crippen MR) is 20.1 cm³/mol. The van der Waals surface area contributed by atoms with E-state index in [0.717, 1.165) is 0 Å². The zero-order valence-corrected chi connectivity index (χ0v) is 4.01. The Kier molecular flexibility index (Phi) is 3.00. The van der Waals surface area contributed by atoms with Gasteiger partial charge in [-0.1, -0.05) is 0 Å². The normalized spacial score (nSPS) is 8.00. The van der Waals surface area contributed by atoms with Crippen LogP contribution in [0.25, 0.3) is 0 Å². The third-order valence-corrected chi connectivity index (χ3v) is 0.406. The molecule has 0 bridgehead atoms. The number of nitriles is 1. The van der Waals surface area contributed by atoms with Gasteiger partial charge in [0.1, 0.15) is 0 Å². The standard InChI is InChI=1S/CH2N2O3S/c2-1-3-6-7(4)5/h3,7H. The molecule has 6 heteroatoms. The van der Waals surface area contributed by atoms with Gasteiger partial charge in [-0.2, -0.15) is 10.7 Å². The minimum atomic E-state index is -2.94. The second-order valence-corrected chi connectivity index (χ2v) is 1.16. The summed E-state index contributed by atoms with van der Waals surface area (Å²) in [5, 5.41) is 7.56. The Bertz CT molecular complexity index is 136. The topological polar surface area (TPSA) is 79.2 Å². The molecule has 0 aromatic heterocycles. The first kappa shape index (κ1) is 6.20. The lowest BCUT2D eigenvalue weighted by Gasteiger charge is -1.79. The minimum absolute atomic E-state index is 1.24. The molecule has 0 rings (SSSR count). The highest BCUT2D eigenvalue weighted by Gasteiger charge is 1.75. The molecule has 0 atom stereocenters. The van der Waals surface area contributed by atoms with Gasteiger partial charge in [0.2, 0.25) is 6.19 Å². The van der Waals surface area contributed by atoms with E-state index in [1.807, 2.05) is 0 Å². The largest absolute Gasteiger partial charge is 0.278 e. The summed E-state index contributed by atoms with van der Waals surface area (Å²) in [5.74, 6) is 0. The second kappa shape index (κ2) is 3.39. The molecule has 1 N–H and O–H groups in total. The van der Waals surface area contributed by atoms with Crippen molar-refractivity contribution in [3.05, 3.63) is 0 Å². The van der Waals surface area contributed by atoms with Crippen LogP contribution in [0.5, 0.6) is 0 Å². The van der Waals surface area contributed by atoms with Gasteiger partial charge in [0.25, 0.3) is 11.0 Å². The molecule has 0 saturated carbocycles. The van der Waals surface area contributed by atoms with Crippen molar-refractivity contribution in [2.75, 3.05) is 0 Å². The Balaban J connectivity index is 3.20. The molecular formula is CH2N2O3S.